The van der Waals surface area contributed by atoms with Gasteiger partial charge in [-0.15, -0.1) is 13.2 Å². The third-order valence-electron chi connectivity index (χ3n) is 4.73. The van der Waals surface area contributed by atoms with Crippen molar-refractivity contribution >= 4 is 8.80 Å². The number of unbranched alkanes of at least 4 members (excludes halogenated alkanes) is 2. The number of ether oxygens (including phenoxy) is 2. The van der Waals surface area contributed by atoms with Gasteiger partial charge in [-0.2, -0.15) is 0 Å². The van der Waals surface area contributed by atoms with E-state index in [1.807, 2.05) is 0 Å². The lowest BCUT2D eigenvalue weighted by Crippen LogP contribution is -2.24. The summed E-state index contributed by atoms with van der Waals surface area (Å²) < 4.78 is 45.9. The van der Waals surface area contributed by atoms with E-state index in [0.717, 1.165) is 0 Å². The van der Waals surface area contributed by atoms with Crippen LogP contribution in [-0.4, -0.2) is 21.8 Å². The highest BCUT2D eigenvalue weighted by Gasteiger charge is 2.31. The standard InChI is InChI=1S/C18H27F3O2Si/c1-2-3-4-11-24-12-9-15(10-13-24)14-22-16-5-7-17(8-6-16)23-18(19,20)21/h5-8,15,24H,2-4,9-14H2,1H3/t15-,24-. The van der Waals surface area contributed by atoms with E-state index in [9.17, 15) is 13.2 Å². The third kappa shape index (κ3) is 7.15. The third-order valence-corrected chi connectivity index (χ3v) is 8.25. The van der Waals surface area contributed by atoms with Crippen LogP contribution in [0.2, 0.25) is 18.1 Å². The quantitative estimate of drug-likeness (QED) is 0.431. The molecule has 0 saturated carbocycles. The Labute approximate surface area is 144 Å². The molecule has 0 N–H and O–H groups in total. The minimum Gasteiger partial charge on any atom is -0.493 e. The summed E-state index contributed by atoms with van der Waals surface area (Å²) in [6, 6.07) is 9.97. The molecular formula is C18H27F3O2Si. The lowest BCUT2D eigenvalue weighted by atomic mass is 10.0. The van der Waals surface area contributed by atoms with Gasteiger partial charge in [-0.05, 0) is 43.0 Å². The van der Waals surface area contributed by atoms with Gasteiger partial charge in [-0.25, -0.2) is 0 Å². The molecule has 1 saturated heterocycles. The summed E-state index contributed by atoms with van der Waals surface area (Å²) in [7, 11) is -0.501. The number of benzene rings is 1. The Hall–Kier alpha value is -1.17. The van der Waals surface area contributed by atoms with Gasteiger partial charge in [-0.3, -0.25) is 0 Å². The van der Waals surface area contributed by atoms with E-state index in [-0.39, 0.29) is 5.75 Å². The van der Waals surface area contributed by atoms with Gasteiger partial charge < -0.3 is 9.47 Å². The molecule has 0 radical (unpaired) electrons. The van der Waals surface area contributed by atoms with Crippen molar-refractivity contribution in [1.82, 2.24) is 0 Å². The summed E-state index contributed by atoms with van der Waals surface area (Å²) >= 11 is 0. The van der Waals surface area contributed by atoms with Crippen molar-refractivity contribution in [3.8, 4) is 11.5 Å². The molecule has 0 aromatic heterocycles. The molecule has 0 unspecified atom stereocenters. The molecule has 1 fully saturated rings. The Bertz CT molecular complexity index is 468. The molecule has 1 aliphatic rings. The first-order valence-electron chi connectivity index (χ1n) is 8.95. The lowest BCUT2D eigenvalue weighted by Gasteiger charge is -2.27. The molecule has 0 spiro atoms. The average Bonchev–Trinajstić information content (AvgIpc) is 2.54. The van der Waals surface area contributed by atoms with Crippen LogP contribution in [0.15, 0.2) is 24.3 Å². The second-order valence-corrected chi connectivity index (χ2v) is 10.2. The zero-order valence-electron chi connectivity index (χ0n) is 14.3. The maximum Gasteiger partial charge on any atom is 0.573 e. The Morgan fingerprint density at radius 3 is 2.25 bits per heavy atom. The number of hydrogen-bond donors (Lipinski definition) is 0. The predicted molar refractivity (Wildman–Crippen MR) is 92.4 cm³/mol. The van der Waals surface area contributed by atoms with Gasteiger partial charge in [0.1, 0.15) is 11.5 Å². The second-order valence-electron chi connectivity index (χ2n) is 6.71. The molecule has 24 heavy (non-hydrogen) atoms. The Morgan fingerprint density at radius 2 is 1.67 bits per heavy atom. The second kappa shape index (κ2) is 9.35. The van der Waals surface area contributed by atoms with E-state index in [1.165, 1.54) is 74.5 Å². The van der Waals surface area contributed by atoms with E-state index in [1.54, 1.807) is 0 Å². The van der Waals surface area contributed by atoms with Crippen molar-refractivity contribution in [3.05, 3.63) is 24.3 Å². The van der Waals surface area contributed by atoms with Crippen LogP contribution in [0.25, 0.3) is 0 Å². The Kier molecular flexibility index (Phi) is 7.46. The minimum absolute atomic E-state index is 0.214. The number of halogens is 3. The van der Waals surface area contributed by atoms with Crippen molar-refractivity contribution in [3.63, 3.8) is 0 Å². The van der Waals surface area contributed by atoms with Crippen LogP contribution in [0, 0.1) is 5.92 Å². The molecule has 2 nitrogen and oxygen atoms in total. The van der Waals surface area contributed by atoms with Crippen LogP contribution in [0.1, 0.15) is 39.0 Å². The molecule has 1 heterocycles. The smallest absolute Gasteiger partial charge is 0.493 e. The van der Waals surface area contributed by atoms with Gasteiger partial charge in [0.05, 0.1) is 6.61 Å². The van der Waals surface area contributed by atoms with Crippen LogP contribution in [-0.2, 0) is 0 Å². The first kappa shape index (κ1) is 19.2. The van der Waals surface area contributed by atoms with Crippen LogP contribution in [0.5, 0.6) is 11.5 Å². The summed E-state index contributed by atoms with van der Waals surface area (Å²) in [5.74, 6) is 0.978. The number of rotatable bonds is 8. The van der Waals surface area contributed by atoms with Crippen molar-refractivity contribution in [1.29, 1.82) is 0 Å². The first-order valence-corrected chi connectivity index (χ1v) is 11.4. The Balaban J connectivity index is 1.67. The molecule has 1 aromatic rings. The molecule has 0 atom stereocenters. The van der Waals surface area contributed by atoms with Gasteiger partial charge in [0, 0.05) is 8.80 Å². The molecular weight excluding hydrogens is 333 g/mol. The fourth-order valence-corrected chi connectivity index (χ4v) is 6.94. The largest absolute Gasteiger partial charge is 0.573 e. The lowest BCUT2D eigenvalue weighted by molar-refractivity contribution is -0.274. The molecule has 6 heteroatoms. The normalized spacial score (nSPS) is 21.5. The zero-order valence-corrected chi connectivity index (χ0v) is 15.4. The summed E-state index contributed by atoms with van der Waals surface area (Å²) in [5.41, 5.74) is 0. The minimum atomic E-state index is -4.65. The number of alkyl halides is 3. The molecule has 136 valence electrons. The van der Waals surface area contributed by atoms with Crippen molar-refractivity contribution in [2.45, 2.75) is 63.5 Å². The van der Waals surface area contributed by atoms with Gasteiger partial charge in [0.2, 0.25) is 0 Å². The summed E-state index contributed by atoms with van der Waals surface area (Å²) in [6.45, 7) is 2.91. The highest BCUT2D eigenvalue weighted by molar-refractivity contribution is 6.58. The molecule has 0 bridgehead atoms. The highest BCUT2D eigenvalue weighted by Crippen LogP contribution is 2.29. The van der Waals surface area contributed by atoms with E-state index in [4.69, 9.17) is 4.74 Å². The van der Waals surface area contributed by atoms with Crippen molar-refractivity contribution in [2.24, 2.45) is 5.92 Å². The molecule has 1 aliphatic heterocycles. The molecule has 1 aromatic carbocycles. The fourth-order valence-electron chi connectivity index (χ4n) is 3.32. The van der Waals surface area contributed by atoms with Gasteiger partial charge >= 0.3 is 6.36 Å². The summed E-state index contributed by atoms with van der Waals surface area (Å²) in [4.78, 5) is 0. The predicted octanol–water partition coefficient (Wildman–Crippen LogP) is 5.79. The van der Waals surface area contributed by atoms with Crippen LogP contribution >= 0.6 is 0 Å². The Morgan fingerprint density at radius 1 is 1.04 bits per heavy atom. The van der Waals surface area contributed by atoms with Crippen LogP contribution < -0.4 is 9.47 Å². The van der Waals surface area contributed by atoms with E-state index < -0.39 is 15.2 Å². The maximum absolute atomic E-state index is 12.1. The highest BCUT2D eigenvalue weighted by atomic mass is 28.3. The van der Waals surface area contributed by atoms with E-state index in [2.05, 4.69) is 11.7 Å². The summed E-state index contributed by atoms with van der Waals surface area (Å²) in [6.07, 6.45) is 1.91. The fraction of sp³-hybridized carbons (Fsp3) is 0.667. The van der Waals surface area contributed by atoms with Crippen molar-refractivity contribution in [2.75, 3.05) is 6.61 Å². The van der Waals surface area contributed by atoms with E-state index in [0.29, 0.717) is 18.3 Å². The SMILES string of the molecule is CCCCC[Si@H]1CC[C@H](COc2ccc(OC(F)(F)F)cc2)CC1. The van der Waals surface area contributed by atoms with Crippen LogP contribution in [0.4, 0.5) is 13.2 Å². The van der Waals surface area contributed by atoms with Gasteiger partial charge in [0.25, 0.3) is 0 Å². The number of hydrogen-bond acceptors (Lipinski definition) is 2. The van der Waals surface area contributed by atoms with Gasteiger partial charge in [0.15, 0.2) is 0 Å². The maximum atomic E-state index is 12.1. The van der Waals surface area contributed by atoms with Crippen molar-refractivity contribution < 1.29 is 22.6 Å². The zero-order chi connectivity index (χ0) is 17.4. The molecule has 0 aliphatic carbocycles. The van der Waals surface area contributed by atoms with E-state index >= 15 is 0 Å². The molecule has 0 amide bonds. The first-order chi connectivity index (χ1) is 11.5. The topological polar surface area (TPSA) is 18.5 Å². The molecule has 2 rings (SSSR count). The van der Waals surface area contributed by atoms with Crippen LogP contribution in [0.3, 0.4) is 0 Å². The summed E-state index contributed by atoms with van der Waals surface area (Å²) in [5, 5.41) is 0. The van der Waals surface area contributed by atoms with Gasteiger partial charge in [-0.1, -0.05) is 44.3 Å². The monoisotopic (exact) mass is 360 g/mol. The average molecular weight is 360 g/mol.